The zero-order chi connectivity index (χ0) is 21.2. The maximum Gasteiger partial charge on any atom is 0.303 e. The Kier molecular flexibility index (Phi) is 5.30. The van der Waals surface area contributed by atoms with Crippen LogP contribution >= 0.6 is 15.9 Å². The van der Waals surface area contributed by atoms with Crippen molar-refractivity contribution in [1.29, 1.82) is 0 Å². The van der Waals surface area contributed by atoms with Crippen molar-refractivity contribution in [3.8, 4) is 0 Å². The second kappa shape index (κ2) is 7.15. The first-order valence-corrected chi connectivity index (χ1v) is 12.0. The maximum absolute atomic E-state index is 12.9. The minimum Gasteiger partial charge on any atom is -0.458 e. The van der Waals surface area contributed by atoms with Crippen LogP contribution in [0.15, 0.2) is 0 Å². The van der Waals surface area contributed by atoms with Crippen LogP contribution in [0.4, 0.5) is 0 Å². The molecule has 2 unspecified atom stereocenters. The predicted octanol–water partition coefficient (Wildman–Crippen LogP) is 3.83. The van der Waals surface area contributed by atoms with E-state index in [0.717, 1.165) is 38.5 Å². The number of aliphatic hydroxyl groups is 1. The number of hydrogen-bond donors (Lipinski definition) is 1. The molecule has 29 heavy (non-hydrogen) atoms. The number of alkyl halides is 1. The Morgan fingerprint density at radius 2 is 1.76 bits per heavy atom. The Morgan fingerprint density at radius 1 is 1.07 bits per heavy atom. The summed E-state index contributed by atoms with van der Waals surface area (Å²) >= 11 is 3.70. The van der Waals surface area contributed by atoms with E-state index >= 15 is 0 Å². The average molecular weight is 469 g/mol. The molecule has 5 nitrogen and oxygen atoms in total. The molecule has 0 aromatic carbocycles. The Hall–Kier alpha value is -0.750. The molecule has 0 aromatic rings. The third-order valence-electron chi connectivity index (χ3n) is 9.53. The number of rotatable bonds is 3. The van der Waals surface area contributed by atoms with Crippen LogP contribution < -0.4 is 0 Å². The second-order valence-corrected chi connectivity index (χ2v) is 11.5. The van der Waals surface area contributed by atoms with Crippen molar-refractivity contribution >= 4 is 33.5 Å². The largest absolute Gasteiger partial charge is 0.458 e. The van der Waals surface area contributed by atoms with Crippen molar-refractivity contribution in [3.63, 3.8) is 0 Å². The highest BCUT2D eigenvalue weighted by atomic mass is 79.9. The molecular formula is C23H33BrO5. The van der Waals surface area contributed by atoms with Gasteiger partial charge in [0, 0.05) is 18.8 Å². The number of Topliss-reactive ketones (excluding diaryl/α,β-unsaturated/α-hetero) is 2. The smallest absolute Gasteiger partial charge is 0.303 e. The number of ketones is 2. The van der Waals surface area contributed by atoms with Gasteiger partial charge in [-0.3, -0.25) is 14.4 Å². The average Bonchev–Trinajstić information content (AvgIpc) is 2.95. The van der Waals surface area contributed by atoms with E-state index in [9.17, 15) is 19.5 Å². The first kappa shape index (κ1) is 21.5. The molecule has 4 saturated carbocycles. The number of carbonyl (C=O) groups excluding carboxylic acids is 3. The number of hydrogen-bond acceptors (Lipinski definition) is 5. The lowest BCUT2D eigenvalue weighted by molar-refractivity contribution is -0.175. The maximum atomic E-state index is 12.9. The summed E-state index contributed by atoms with van der Waals surface area (Å²) in [5.74, 6) is 1.22. The molecule has 1 N–H and O–H groups in total. The zero-order valence-corrected chi connectivity index (χ0v) is 19.3. The van der Waals surface area contributed by atoms with Gasteiger partial charge in [0.05, 0.1) is 4.83 Å². The van der Waals surface area contributed by atoms with Gasteiger partial charge in [0.25, 0.3) is 0 Å². The molecule has 0 amide bonds. The molecule has 4 aliphatic carbocycles. The molecule has 4 aliphatic rings. The fourth-order valence-electron chi connectivity index (χ4n) is 7.85. The van der Waals surface area contributed by atoms with E-state index in [0.29, 0.717) is 42.3 Å². The zero-order valence-electron chi connectivity index (χ0n) is 17.7. The molecule has 4 fully saturated rings. The summed E-state index contributed by atoms with van der Waals surface area (Å²) in [7, 11) is 0. The number of esters is 1. The number of halogens is 1. The van der Waals surface area contributed by atoms with Crippen LogP contribution in [-0.2, 0) is 19.1 Å². The van der Waals surface area contributed by atoms with Crippen molar-refractivity contribution in [2.24, 2.45) is 34.5 Å². The normalized spacial score (nSPS) is 49.0. The summed E-state index contributed by atoms with van der Waals surface area (Å²) in [6.07, 6.45) is 6.80. The summed E-state index contributed by atoms with van der Waals surface area (Å²) in [6.45, 7) is 5.41. The monoisotopic (exact) mass is 468 g/mol. The van der Waals surface area contributed by atoms with Gasteiger partial charge in [-0.25, -0.2) is 0 Å². The van der Waals surface area contributed by atoms with Gasteiger partial charge < -0.3 is 9.84 Å². The van der Waals surface area contributed by atoms with Gasteiger partial charge in [0.1, 0.15) is 11.4 Å². The van der Waals surface area contributed by atoms with E-state index in [4.69, 9.17) is 4.74 Å². The lowest BCUT2D eigenvalue weighted by Gasteiger charge is -2.61. The Balaban J connectivity index is 1.59. The first-order valence-electron chi connectivity index (χ1n) is 11.1. The van der Waals surface area contributed by atoms with E-state index in [1.165, 1.54) is 6.92 Å². The lowest BCUT2D eigenvalue weighted by Crippen LogP contribution is -2.60. The van der Waals surface area contributed by atoms with Crippen LogP contribution in [0, 0.1) is 34.5 Å². The minimum absolute atomic E-state index is 0.0265. The number of carbonyl (C=O) groups is 3. The van der Waals surface area contributed by atoms with E-state index in [1.54, 1.807) is 0 Å². The fraction of sp³-hybridized carbons (Fsp3) is 0.870. The van der Waals surface area contributed by atoms with Crippen LogP contribution in [-0.4, -0.2) is 39.7 Å². The van der Waals surface area contributed by atoms with Gasteiger partial charge in [0.15, 0.2) is 6.61 Å². The summed E-state index contributed by atoms with van der Waals surface area (Å²) in [5.41, 5.74) is -1.72. The van der Waals surface area contributed by atoms with E-state index in [1.807, 2.05) is 0 Å². The molecule has 0 spiro atoms. The van der Waals surface area contributed by atoms with E-state index < -0.39 is 17.0 Å². The molecule has 0 saturated heterocycles. The lowest BCUT2D eigenvalue weighted by atomic mass is 9.44. The molecule has 0 heterocycles. The molecule has 0 bridgehead atoms. The SMILES string of the molecule is CC(=O)OCC(=O)[C@@]1(O)CC[C@H]2[C@@H]3CCC4C(Br)C(=O)CC[C@]4(C)[C@H]3CC[C@@]21C. The second-order valence-electron chi connectivity index (χ2n) is 10.5. The van der Waals surface area contributed by atoms with Crippen molar-refractivity contribution in [3.05, 3.63) is 0 Å². The van der Waals surface area contributed by atoms with Crippen LogP contribution in [0.2, 0.25) is 0 Å². The van der Waals surface area contributed by atoms with Gasteiger partial charge in [-0.05, 0) is 74.0 Å². The van der Waals surface area contributed by atoms with Crippen molar-refractivity contribution in [2.75, 3.05) is 6.61 Å². The quantitative estimate of drug-likeness (QED) is 0.502. The van der Waals surface area contributed by atoms with Crippen LogP contribution in [0.1, 0.15) is 72.1 Å². The number of ether oxygens (including phenoxy) is 1. The topological polar surface area (TPSA) is 80.7 Å². The highest BCUT2D eigenvalue weighted by molar-refractivity contribution is 9.10. The number of fused-ring (bicyclic) bond motifs is 5. The highest BCUT2D eigenvalue weighted by Gasteiger charge is 2.67. The summed E-state index contributed by atoms with van der Waals surface area (Å²) in [5, 5.41) is 11.5. The van der Waals surface area contributed by atoms with Crippen molar-refractivity contribution in [2.45, 2.75) is 82.6 Å². The molecule has 0 radical (unpaired) electrons. The molecule has 8 atom stereocenters. The van der Waals surface area contributed by atoms with Crippen LogP contribution in [0.25, 0.3) is 0 Å². The third kappa shape index (κ3) is 2.99. The summed E-state index contributed by atoms with van der Waals surface area (Å²) in [6, 6.07) is 0. The third-order valence-corrected chi connectivity index (χ3v) is 10.7. The van der Waals surface area contributed by atoms with Crippen molar-refractivity contribution < 1.29 is 24.2 Å². The van der Waals surface area contributed by atoms with Gasteiger partial charge >= 0.3 is 5.97 Å². The molecule has 0 aliphatic heterocycles. The van der Waals surface area contributed by atoms with Gasteiger partial charge in [-0.2, -0.15) is 0 Å². The van der Waals surface area contributed by atoms with E-state index in [-0.39, 0.29) is 22.6 Å². The molecule has 0 aromatic heterocycles. The highest BCUT2D eigenvalue weighted by Crippen LogP contribution is 2.68. The van der Waals surface area contributed by atoms with Crippen LogP contribution in [0.3, 0.4) is 0 Å². The van der Waals surface area contributed by atoms with Gasteiger partial charge in [-0.1, -0.05) is 29.8 Å². The van der Waals surface area contributed by atoms with Gasteiger partial charge in [0.2, 0.25) is 5.78 Å². The predicted molar refractivity (Wildman–Crippen MR) is 111 cm³/mol. The fourth-order valence-corrected chi connectivity index (χ4v) is 8.95. The molecule has 6 heteroatoms. The summed E-state index contributed by atoms with van der Waals surface area (Å²) < 4.78 is 4.94. The Bertz CT molecular complexity index is 737. The van der Waals surface area contributed by atoms with Crippen LogP contribution in [0.5, 0.6) is 0 Å². The minimum atomic E-state index is -1.41. The molecule has 162 valence electrons. The van der Waals surface area contributed by atoms with E-state index in [2.05, 4.69) is 29.8 Å². The molecular weight excluding hydrogens is 436 g/mol. The Labute approximate surface area is 181 Å². The first-order chi connectivity index (χ1) is 13.5. The standard InChI is InChI=1S/C23H33BrO5/c1-13(25)29-12-19(27)23(28)11-7-16-14-4-5-17-20(24)18(26)8-9-21(17,2)15(14)6-10-22(16,23)3/h14-17,20,28H,4-12H2,1-3H3/t14-,15+,16+,17?,20?,21-,22+,23+/m1/s1. The summed E-state index contributed by atoms with van der Waals surface area (Å²) in [4.78, 5) is 36.3. The van der Waals surface area contributed by atoms with Gasteiger partial charge in [-0.15, -0.1) is 0 Å². The Morgan fingerprint density at radius 3 is 2.45 bits per heavy atom. The van der Waals surface area contributed by atoms with Crippen molar-refractivity contribution in [1.82, 2.24) is 0 Å². The molecule has 4 rings (SSSR count).